The van der Waals surface area contributed by atoms with Crippen LogP contribution in [0.3, 0.4) is 0 Å². The van der Waals surface area contributed by atoms with Crippen molar-refractivity contribution in [3.8, 4) is 0 Å². The van der Waals surface area contributed by atoms with E-state index in [9.17, 15) is 9.59 Å². The predicted molar refractivity (Wildman–Crippen MR) is 115 cm³/mol. The highest BCUT2D eigenvalue weighted by Crippen LogP contribution is 2.24. The maximum Gasteiger partial charge on any atom is 0.330 e. The molecule has 1 atom stereocenters. The molecule has 1 aliphatic heterocycles. The highest BCUT2D eigenvalue weighted by molar-refractivity contribution is 5.75. The van der Waals surface area contributed by atoms with Crippen LogP contribution in [-0.2, 0) is 17.7 Å². The number of ether oxygens (including phenoxy) is 1. The minimum Gasteiger partial charge on any atom is -0.383 e. The number of pyridine rings is 1. The van der Waals surface area contributed by atoms with Crippen LogP contribution in [0.2, 0.25) is 0 Å². The molecule has 1 fully saturated rings. The van der Waals surface area contributed by atoms with Crippen molar-refractivity contribution in [1.82, 2.24) is 24.3 Å². The molecule has 4 rings (SSSR count). The number of hydrogen-bond donors (Lipinski definition) is 1. The van der Waals surface area contributed by atoms with E-state index in [-0.39, 0.29) is 17.8 Å². The van der Waals surface area contributed by atoms with Crippen molar-refractivity contribution < 1.29 is 9.53 Å². The molecule has 3 aromatic rings. The van der Waals surface area contributed by atoms with Gasteiger partial charge < -0.3 is 15.0 Å². The Bertz CT molecular complexity index is 1060. The van der Waals surface area contributed by atoms with Gasteiger partial charge in [0.25, 0.3) is 0 Å². The summed E-state index contributed by atoms with van der Waals surface area (Å²) in [4.78, 5) is 31.9. The summed E-state index contributed by atoms with van der Waals surface area (Å²) in [6.07, 6.45) is 3.22. The first-order chi connectivity index (χ1) is 14.7. The van der Waals surface area contributed by atoms with Crippen molar-refractivity contribution in [2.45, 2.75) is 25.4 Å². The Balaban J connectivity index is 1.44. The molecule has 30 heavy (non-hydrogen) atoms. The van der Waals surface area contributed by atoms with E-state index in [0.29, 0.717) is 38.4 Å². The van der Waals surface area contributed by atoms with Gasteiger partial charge in [0.2, 0.25) is 0 Å². The van der Waals surface area contributed by atoms with Crippen LogP contribution >= 0.6 is 0 Å². The maximum atomic E-state index is 13.1. The molecule has 3 heterocycles. The Morgan fingerprint density at radius 3 is 2.87 bits per heavy atom. The van der Waals surface area contributed by atoms with Gasteiger partial charge in [0.1, 0.15) is 0 Å². The average Bonchev–Trinajstić information content (AvgIpc) is 3.35. The van der Waals surface area contributed by atoms with Gasteiger partial charge >= 0.3 is 11.7 Å². The van der Waals surface area contributed by atoms with Crippen LogP contribution in [0.25, 0.3) is 11.2 Å². The van der Waals surface area contributed by atoms with Gasteiger partial charge in [-0.1, -0.05) is 30.3 Å². The Labute approximate surface area is 175 Å². The number of aromatic nitrogens is 3. The van der Waals surface area contributed by atoms with E-state index in [1.807, 2.05) is 30.3 Å². The van der Waals surface area contributed by atoms with Gasteiger partial charge in [0, 0.05) is 32.9 Å². The van der Waals surface area contributed by atoms with E-state index in [1.54, 1.807) is 27.3 Å². The summed E-state index contributed by atoms with van der Waals surface area (Å²) < 4.78 is 8.59. The molecule has 1 aromatic carbocycles. The standard InChI is InChI=1S/C22H27N5O3/c1-30-15-14-26-19-8-5-11-23-20(19)27(22(26)29)18-10-13-25(16-18)21(28)24-12-9-17-6-3-2-4-7-17/h2-8,11,18H,9-10,12-16H2,1H3,(H,24,28)/t18-/m1/s1. The number of fused-ring (bicyclic) bond motifs is 1. The molecular formula is C22H27N5O3. The maximum absolute atomic E-state index is 13.1. The first-order valence-corrected chi connectivity index (χ1v) is 10.3. The molecule has 0 spiro atoms. The van der Waals surface area contributed by atoms with Crippen molar-refractivity contribution in [2.75, 3.05) is 33.4 Å². The lowest BCUT2D eigenvalue weighted by Crippen LogP contribution is -2.40. The fourth-order valence-corrected chi connectivity index (χ4v) is 4.04. The molecule has 0 saturated carbocycles. The van der Waals surface area contributed by atoms with Gasteiger partial charge in [-0.2, -0.15) is 0 Å². The lowest BCUT2D eigenvalue weighted by molar-refractivity contribution is 0.187. The number of carbonyl (C=O) groups is 1. The smallest absolute Gasteiger partial charge is 0.330 e. The number of hydrogen-bond acceptors (Lipinski definition) is 4. The van der Waals surface area contributed by atoms with Gasteiger partial charge in [-0.3, -0.25) is 9.13 Å². The van der Waals surface area contributed by atoms with Crippen LogP contribution in [0.1, 0.15) is 18.0 Å². The van der Waals surface area contributed by atoms with Crippen LogP contribution in [0, 0.1) is 0 Å². The SMILES string of the molecule is COCCn1c(=O)n([C@@H]2CCN(C(=O)NCCc3ccccc3)C2)c2ncccc21. The lowest BCUT2D eigenvalue weighted by Gasteiger charge is -2.18. The Hall–Kier alpha value is -3.13. The summed E-state index contributed by atoms with van der Waals surface area (Å²) in [6, 6.07) is 13.6. The first kappa shape index (κ1) is 20.2. The number of carbonyl (C=O) groups excluding carboxylic acids is 1. The van der Waals surface area contributed by atoms with Crippen molar-refractivity contribution in [3.05, 3.63) is 64.7 Å². The van der Waals surface area contributed by atoms with Crippen molar-refractivity contribution in [2.24, 2.45) is 0 Å². The third-order valence-corrected chi connectivity index (χ3v) is 5.59. The number of likely N-dealkylation sites (tertiary alicyclic amines) is 1. The van der Waals surface area contributed by atoms with Gasteiger partial charge in [-0.25, -0.2) is 14.6 Å². The molecule has 0 radical (unpaired) electrons. The molecule has 0 aliphatic carbocycles. The van der Waals surface area contributed by atoms with E-state index in [4.69, 9.17) is 4.74 Å². The second-order valence-corrected chi connectivity index (χ2v) is 7.50. The second-order valence-electron chi connectivity index (χ2n) is 7.50. The van der Waals surface area contributed by atoms with Crippen LogP contribution in [0.15, 0.2) is 53.5 Å². The molecule has 158 valence electrons. The molecular weight excluding hydrogens is 382 g/mol. The monoisotopic (exact) mass is 409 g/mol. The topological polar surface area (TPSA) is 81.4 Å². The molecule has 8 heteroatoms. The summed E-state index contributed by atoms with van der Waals surface area (Å²) in [5.41, 5.74) is 2.55. The fraction of sp³-hybridized carbons (Fsp3) is 0.409. The highest BCUT2D eigenvalue weighted by atomic mass is 16.5. The molecule has 2 aromatic heterocycles. The number of methoxy groups -OCH3 is 1. The van der Waals surface area contributed by atoms with Crippen LogP contribution in [0.5, 0.6) is 0 Å². The van der Waals surface area contributed by atoms with E-state index in [2.05, 4.69) is 22.4 Å². The first-order valence-electron chi connectivity index (χ1n) is 10.3. The summed E-state index contributed by atoms with van der Waals surface area (Å²) in [7, 11) is 1.62. The van der Waals surface area contributed by atoms with E-state index in [1.165, 1.54) is 5.56 Å². The Morgan fingerprint density at radius 1 is 1.23 bits per heavy atom. The van der Waals surface area contributed by atoms with Gasteiger partial charge in [0.15, 0.2) is 5.65 Å². The van der Waals surface area contributed by atoms with Crippen molar-refractivity contribution in [3.63, 3.8) is 0 Å². The third kappa shape index (κ3) is 4.09. The number of urea groups is 1. The fourth-order valence-electron chi connectivity index (χ4n) is 4.04. The Kier molecular flexibility index (Phi) is 6.13. The largest absolute Gasteiger partial charge is 0.383 e. The Morgan fingerprint density at radius 2 is 2.07 bits per heavy atom. The number of benzene rings is 1. The van der Waals surface area contributed by atoms with Gasteiger partial charge in [-0.05, 0) is 30.5 Å². The second kappa shape index (κ2) is 9.13. The summed E-state index contributed by atoms with van der Waals surface area (Å²) in [5, 5.41) is 2.99. The van der Waals surface area contributed by atoms with Gasteiger partial charge in [-0.15, -0.1) is 0 Å². The van der Waals surface area contributed by atoms with E-state index in [0.717, 1.165) is 18.4 Å². The molecule has 1 aliphatic rings. The van der Waals surface area contributed by atoms with Crippen molar-refractivity contribution >= 4 is 17.2 Å². The summed E-state index contributed by atoms with van der Waals surface area (Å²) >= 11 is 0. The zero-order chi connectivity index (χ0) is 20.9. The van der Waals surface area contributed by atoms with Crippen LogP contribution in [-0.4, -0.2) is 58.4 Å². The highest BCUT2D eigenvalue weighted by Gasteiger charge is 2.30. The molecule has 1 saturated heterocycles. The van der Waals surface area contributed by atoms with E-state index < -0.39 is 0 Å². The summed E-state index contributed by atoms with van der Waals surface area (Å²) in [6.45, 7) is 2.63. The molecule has 8 nitrogen and oxygen atoms in total. The number of nitrogens with zero attached hydrogens (tertiary/aromatic N) is 4. The zero-order valence-corrected chi connectivity index (χ0v) is 17.2. The molecule has 0 bridgehead atoms. The predicted octanol–water partition coefficient (Wildman–Crippen LogP) is 2.04. The number of amides is 2. The average molecular weight is 409 g/mol. The zero-order valence-electron chi connectivity index (χ0n) is 17.2. The van der Waals surface area contributed by atoms with E-state index >= 15 is 0 Å². The minimum atomic E-state index is -0.0999. The quantitative estimate of drug-likeness (QED) is 0.648. The number of imidazole rings is 1. The van der Waals surface area contributed by atoms with Gasteiger partial charge in [0.05, 0.1) is 24.7 Å². The van der Waals surface area contributed by atoms with Crippen molar-refractivity contribution in [1.29, 1.82) is 0 Å². The molecule has 0 unspecified atom stereocenters. The lowest BCUT2D eigenvalue weighted by atomic mass is 10.1. The van der Waals surface area contributed by atoms with Crippen LogP contribution in [0.4, 0.5) is 4.79 Å². The molecule has 1 N–H and O–H groups in total. The minimum absolute atomic E-state index is 0.0847. The molecule has 2 amide bonds. The van der Waals surface area contributed by atoms with Crippen LogP contribution < -0.4 is 11.0 Å². The normalized spacial score (nSPS) is 16.3. The summed E-state index contributed by atoms with van der Waals surface area (Å²) in [5.74, 6) is 0. The number of rotatable bonds is 7. The third-order valence-electron chi connectivity index (χ3n) is 5.59. The number of nitrogens with one attached hydrogen (secondary N) is 1.